The lowest BCUT2D eigenvalue weighted by Gasteiger charge is -2.27. The van der Waals surface area contributed by atoms with Crippen LogP contribution in [0.4, 0.5) is 16.4 Å². The zero-order valence-corrected chi connectivity index (χ0v) is 16.6. The van der Waals surface area contributed by atoms with Crippen LogP contribution in [0, 0.1) is 5.41 Å². The smallest absolute Gasteiger partial charge is 0.326 e. The molecule has 3 fully saturated rings. The van der Waals surface area contributed by atoms with Gasteiger partial charge in [0.25, 0.3) is 5.91 Å². The summed E-state index contributed by atoms with van der Waals surface area (Å²) >= 11 is 0. The fraction of sp³-hybridized carbons (Fsp3) is 0.500. The Morgan fingerprint density at radius 2 is 2.07 bits per heavy atom. The van der Waals surface area contributed by atoms with Crippen LogP contribution in [0.3, 0.4) is 0 Å². The standard InChI is InChI=1S/C20H25N7O3/c28-11-20(5-1-2-6-20)10-21-15-8-16(23-13-3-4-13)27-17(25-15)12(9-22-27)7-14-18(29)26-19(30)24-14/h7-9,13,23,28H,1-6,10-11H2,(H,21,25)(H2,24,26,29,30)/b14-7-. The van der Waals surface area contributed by atoms with Crippen LogP contribution in [-0.2, 0) is 4.79 Å². The molecule has 2 aromatic rings. The molecule has 30 heavy (non-hydrogen) atoms. The summed E-state index contributed by atoms with van der Waals surface area (Å²) in [6.07, 6.45) is 9.72. The summed E-state index contributed by atoms with van der Waals surface area (Å²) in [6.45, 7) is 0.812. The van der Waals surface area contributed by atoms with Crippen LogP contribution in [0.25, 0.3) is 11.7 Å². The molecule has 2 aromatic heterocycles. The number of fused-ring (bicyclic) bond motifs is 1. The van der Waals surface area contributed by atoms with Gasteiger partial charge in [-0.25, -0.2) is 9.78 Å². The van der Waals surface area contributed by atoms with Crippen molar-refractivity contribution in [2.24, 2.45) is 5.41 Å². The van der Waals surface area contributed by atoms with Crippen molar-refractivity contribution in [1.82, 2.24) is 25.2 Å². The maximum absolute atomic E-state index is 11.9. The topological polar surface area (TPSA) is 133 Å². The van der Waals surface area contributed by atoms with Crippen molar-refractivity contribution in [3.8, 4) is 0 Å². The second-order valence-corrected chi connectivity index (χ2v) is 8.47. The van der Waals surface area contributed by atoms with Crippen LogP contribution in [0.5, 0.6) is 0 Å². The maximum atomic E-state index is 11.9. The zero-order chi connectivity index (χ0) is 20.7. The molecule has 1 aliphatic heterocycles. The molecule has 10 heteroatoms. The van der Waals surface area contributed by atoms with E-state index in [9.17, 15) is 14.7 Å². The first-order valence-corrected chi connectivity index (χ1v) is 10.4. The lowest BCUT2D eigenvalue weighted by atomic mass is 9.87. The molecule has 0 unspecified atom stereocenters. The summed E-state index contributed by atoms with van der Waals surface area (Å²) in [5.74, 6) is 1.03. The van der Waals surface area contributed by atoms with E-state index in [1.807, 2.05) is 6.07 Å². The molecule has 1 saturated heterocycles. The first-order valence-electron chi connectivity index (χ1n) is 10.4. The monoisotopic (exact) mass is 411 g/mol. The molecule has 2 saturated carbocycles. The number of nitrogens with one attached hydrogen (secondary N) is 4. The summed E-state index contributed by atoms with van der Waals surface area (Å²) in [5, 5.41) is 25.9. The van der Waals surface area contributed by atoms with Gasteiger partial charge in [0, 0.05) is 29.6 Å². The largest absolute Gasteiger partial charge is 0.396 e. The fourth-order valence-electron chi connectivity index (χ4n) is 4.14. The lowest BCUT2D eigenvalue weighted by molar-refractivity contribution is -0.115. The van der Waals surface area contributed by atoms with E-state index in [1.54, 1.807) is 16.8 Å². The number of carbonyl (C=O) groups excluding carboxylic acids is 2. The average molecular weight is 411 g/mol. The minimum absolute atomic E-state index is 0.102. The third-order valence-electron chi connectivity index (χ3n) is 6.09. The van der Waals surface area contributed by atoms with Crippen LogP contribution >= 0.6 is 0 Å². The minimum Gasteiger partial charge on any atom is -0.396 e. The van der Waals surface area contributed by atoms with E-state index in [4.69, 9.17) is 4.98 Å². The SMILES string of the molecule is O=C1NC(=O)/C(=C/c2cnn3c(NC4CC4)cc(NCC4(CO)CCCC4)nc23)N1. The Morgan fingerprint density at radius 1 is 1.27 bits per heavy atom. The third-order valence-corrected chi connectivity index (χ3v) is 6.09. The number of amides is 3. The number of aromatic nitrogens is 3. The molecule has 3 amide bonds. The highest BCUT2D eigenvalue weighted by Gasteiger charge is 2.33. The van der Waals surface area contributed by atoms with E-state index in [2.05, 4.69) is 26.4 Å². The van der Waals surface area contributed by atoms with E-state index in [0.717, 1.165) is 44.3 Å². The van der Waals surface area contributed by atoms with Crippen LogP contribution in [0.2, 0.25) is 0 Å². The Kier molecular flexibility index (Phi) is 4.58. The van der Waals surface area contributed by atoms with E-state index >= 15 is 0 Å². The van der Waals surface area contributed by atoms with Crippen molar-refractivity contribution in [3.63, 3.8) is 0 Å². The van der Waals surface area contributed by atoms with Crippen molar-refractivity contribution in [3.05, 3.63) is 23.5 Å². The fourth-order valence-corrected chi connectivity index (χ4v) is 4.14. The minimum atomic E-state index is -0.542. The van der Waals surface area contributed by atoms with Gasteiger partial charge in [-0.2, -0.15) is 9.61 Å². The Labute approximate surface area is 173 Å². The average Bonchev–Trinajstić information content (AvgIpc) is 3.12. The van der Waals surface area contributed by atoms with E-state index in [1.165, 1.54) is 0 Å². The first-order chi connectivity index (χ1) is 14.5. The molecule has 3 aliphatic rings. The molecule has 5 rings (SSSR count). The molecule has 0 atom stereocenters. The summed E-state index contributed by atoms with van der Waals surface area (Å²) in [7, 11) is 0. The molecule has 0 radical (unpaired) electrons. The number of carbonyl (C=O) groups is 2. The van der Waals surface area contributed by atoms with Gasteiger partial charge in [-0.15, -0.1) is 0 Å². The molecule has 2 aliphatic carbocycles. The number of aliphatic hydroxyl groups is 1. The number of rotatable bonds is 7. The summed E-state index contributed by atoms with van der Waals surface area (Å²) in [4.78, 5) is 28.0. The highest BCUT2D eigenvalue weighted by molar-refractivity contribution is 6.14. The van der Waals surface area contributed by atoms with Gasteiger partial charge in [0.2, 0.25) is 0 Å². The second-order valence-electron chi connectivity index (χ2n) is 8.47. The predicted molar refractivity (Wildman–Crippen MR) is 111 cm³/mol. The Balaban J connectivity index is 1.48. The number of aliphatic hydroxyl groups excluding tert-OH is 1. The van der Waals surface area contributed by atoms with Gasteiger partial charge in [0.05, 0.1) is 12.8 Å². The first kappa shape index (κ1) is 18.9. The Bertz CT molecular complexity index is 1030. The van der Waals surface area contributed by atoms with E-state index < -0.39 is 11.9 Å². The highest BCUT2D eigenvalue weighted by Crippen LogP contribution is 2.38. The molecule has 0 spiro atoms. The van der Waals surface area contributed by atoms with E-state index in [-0.39, 0.29) is 17.7 Å². The van der Waals surface area contributed by atoms with Gasteiger partial charge in [0.15, 0.2) is 5.65 Å². The maximum Gasteiger partial charge on any atom is 0.326 e. The van der Waals surface area contributed by atoms with Crippen LogP contribution in [-0.4, -0.2) is 50.8 Å². The molecule has 0 bridgehead atoms. The highest BCUT2D eigenvalue weighted by atomic mass is 16.3. The van der Waals surface area contributed by atoms with Crippen molar-refractivity contribution >= 4 is 35.3 Å². The van der Waals surface area contributed by atoms with Gasteiger partial charge >= 0.3 is 6.03 Å². The van der Waals surface area contributed by atoms with Crippen molar-refractivity contribution < 1.29 is 14.7 Å². The van der Waals surface area contributed by atoms with Gasteiger partial charge < -0.3 is 21.1 Å². The third kappa shape index (κ3) is 3.58. The normalized spacial score (nSPS) is 21.8. The Morgan fingerprint density at radius 3 is 2.73 bits per heavy atom. The molecule has 5 N–H and O–H groups in total. The Hall–Kier alpha value is -3.14. The van der Waals surface area contributed by atoms with Crippen molar-refractivity contribution in [1.29, 1.82) is 0 Å². The summed E-state index contributed by atoms with van der Waals surface area (Å²) in [6, 6.07) is 1.81. The molecule has 10 nitrogen and oxygen atoms in total. The summed E-state index contributed by atoms with van der Waals surface area (Å²) < 4.78 is 1.71. The van der Waals surface area contributed by atoms with Gasteiger partial charge in [-0.3, -0.25) is 10.1 Å². The second kappa shape index (κ2) is 7.28. The van der Waals surface area contributed by atoms with Crippen molar-refractivity contribution in [2.45, 2.75) is 44.6 Å². The van der Waals surface area contributed by atoms with E-state index in [0.29, 0.717) is 29.6 Å². The van der Waals surface area contributed by atoms with Crippen LogP contribution in [0.15, 0.2) is 18.0 Å². The van der Waals surface area contributed by atoms with Gasteiger partial charge in [-0.1, -0.05) is 12.8 Å². The number of hydrogen-bond acceptors (Lipinski definition) is 7. The number of nitrogens with zero attached hydrogens (tertiary/aromatic N) is 3. The zero-order valence-electron chi connectivity index (χ0n) is 16.6. The number of imide groups is 1. The van der Waals surface area contributed by atoms with Crippen LogP contribution < -0.4 is 21.3 Å². The number of hydrogen-bond donors (Lipinski definition) is 5. The van der Waals surface area contributed by atoms with Gasteiger partial charge in [0.1, 0.15) is 17.3 Å². The quantitative estimate of drug-likeness (QED) is 0.344. The number of anilines is 2. The van der Waals surface area contributed by atoms with Gasteiger partial charge in [-0.05, 0) is 31.8 Å². The predicted octanol–water partition coefficient (Wildman–Crippen LogP) is 1.45. The molecule has 158 valence electrons. The molecule has 3 heterocycles. The lowest BCUT2D eigenvalue weighted by Crippen LogP contribution is -2.30. The van der Waals surface area contributed by atoms with Crippen molar-refractivity contribution in [2.75, 3.05) is 23.8 Å². The van der Waals surface area contributed by atoms with Crippen LogP contribution in [0.1, 0.15) is 44.1 Å². The molecule has 0 aromatic carbocycles. The summed E-state index contributed by atoms with van der Waals surface area (Å²) in [5.41, 5.74) is 1.27. The number of urea groups is 1. The molecular weight excluding hydrogens is 386 g/mol. The molecular formula is C20H25N7O3.